The topological polar surface area (TPSA) is 29.9 Å². The van der Waals surface area contributed by atoms with Gasteiger partial charge in [-0.25, -0.2) is 4.68 Å². The molecule has 0 atom stereocenters. The van der Waals surface area contributed by atoms with Crippen LogP contribution in [-0.2, 0) is 11.8 Å². The molecule has 4 aliphatic carbocycles. The summed E-state index contributed by atoms with van der Waals surface area (Å²) in [7, 11) is 0. The molecule has 28 heavy (non-hydrogen) atoms. The van der Waals surface area contributed by atoms with E-state index in [1.54, 1.807) is 0 Å². The Balaban J connectivity index is 1.52. The maximum absolute atomic E-state index is 6.60. The van der Waals surface area contributed by atoms with E-state index in [0.717, 1.165) is 36.4 Å². The standard InChI is InChI=1S/C23H27Cl2N3/c24-17-4-5-20(19(25)10-17)28-22-18(3-1-2-6-26-22)21(27-28)23-11-14-7-15(12-23)9-16(8-14)13-23/h4-5,10,14-16,26H,1-3,6-9,11-13H2. The van der Waals surface area contributed by atoms with Crippen molar-refractivity contribution in [1.29, 1.82) is 0 Å². The zero-order chi connectivity index (χ0) is 18.9. The molecular weight excluding hydrogens is 389 g/mol. The quantitative estimate of drug-likeness (QED) is 0.614. The first-order chi connectivity index (χ1) is 13.6. The summed E-state index contributed by atoms with van der Waals surface area (Å²) in [5.74, 6) is 3.94. The Hall–Kier alpha value is -1.19. The van der Waals surface area contributed by atoms with Crippen molar-refractivity contribution in [2.45, 2.75) is 63.2 Å². The Kier molecular flexibility index (Phi) is 4.04. The molecule has 7 rings (SSSR count). The third-order valence-electron chi connectivity index (χ3n) is 7.81. The molecule has 0 unspecified atom stereocenters. The van der Waals surface area contributed by atoms with E-state index < -0.39 is 0 Å². The minimum Gasteiger partial charge on any atom is -0.370 e. The summed E-state index contributed by atoms with van der Waals surface area (Å²) in [6.07, 6.45) is 12.0. The first kappa shape index (κ1) is 17.7. The molecule has 0 spiro atoms. The van der Waals surface area contributed by atoms with Crippen molar-refractivity contribution >= 4 is 29.0 Å². The van der Waals surface area contributed by atoms with Gasteiger partial charge in [-0.05, 0) is 93.7 Å². The van der Waals surface area contributed by atoms with Gasteiger partial charge in [-0.3, -0.25) is 0 Å². The van der Waals surface area contributed by atoms with Crippen molar-refractivity contribution in [3.05, 3.63) is 39.5 Å². The van der Waals surface area contributed by atoms with Crippen molar-refractivity contribution in [3.63, 3.8) is 0 Å². The van der Waals surface area contributed by atoms with Gasteiger partial charge in [0.05, 0.1) is 16.4 Å². The number of benzene rings is 1. The van der Waals surface area contributed by atoms with Crippen LogP contribution < -0.4 is 5.32 Å². The summed E-state index contributed by atoms with van der Waals surface area (Å²) >= 11 is 12.8. The summed E-state index contributed by atoms with van der Waals surface area (Å²) in [4.78, 5) is 0. The second-order valence-corrected chi connectivity index (χ2v) is 10.6. The lowest BCUT2D eigenvalue weighted by Crippen LogP contribution is -2.49. The van der Waals surface area contributed by atoms with Gasteiger partial charge in [-0.2, -0.15) is 5.10 Å². The van der Waals surface area contributed by atoms with Crippen LogP contribution in [-0.4, -0.2) is 16.3 Å². The summed E-state index contributed by atoms with van der Waals surface area (Å²) in [5.41, 5.74) is 4.09. The molecule has 0 saturated heterocycles. The highest BCUT2D eigenvalue weighted by Crippen LogP contribution is 2.61. The Bertz CT molecular complexity index is 897. The Morgan fingerprint density at radius 1 is 1.00 bits per heavy atom. The molecule has 5 aliphatic rings. The fourth-order valence-electron chi connectivity index (χ4n) is 7.16. The van der Waals surface area contributed by atoms with Gasteiger partial charge < -0.3 is 5.32 Å². The molecule has 148 valence electrons. The first-order valence-corrected chi connectivity index (χ1v) is 11.7. The summed E-state index contributed by atoms with van der Waals surface area (Å²) in [5, 5.41) is 10.3. The predicted molar refractivity (Wildman–Crippen MR) is 115 cm³/mol. The number of hydrogen-bond acceptors (Lipinski definition) is 2. The maximum atomic E-state index is 6.60. The molecule has 0 amide bonds. The predicted octanol–water partition coefficient (Wildman–Crippen LogP) is 6.40. The largest absolute Gasteiger partial charge is 0.370 e. The van der Waals surface area contributed by atoms with E-state index in [1.807, 2.05) is 18.2 Å². The van der Waals surface area contributed by atoms with Crippen molar-refractivity contribution < 1.29 is 0 Å². The highest BCUT2D eigenvalue weighted by molar-refractivity contribution is 6.35. The second kappa shape index (κ2) is 6.40. The fourth-order valence-corrected chi connectivity index (χ4v) is 7.65. The van der Waals surface area contributed by atoms with Gasteiger partial charge in [0.1, 0.15) is 5.82 Å². The van der Waals surface area contributed by atoms with Gasteiger partial charge >= 0.3 is 0 Å². The van der Waals surface area contributed by atoms with Crippen LogP contribution in [0.4, 0.5) is 5.82 Å². The van der Waals surface area contributed by atoms with E-state index in [0.29, 0.717) is 15.5 Å². The lowest BCUT2D eigenvalue weighted by molar-refractivity contribution is -0.00773. The number of nitrogens with zero attached hydrogens (tertiary/aromatic N) is 2. The highest BCUT2D eigenvalue weighted by atomic mass is 35.5. The molecule has 5 heteroatoms. The van der Waals surface area contributed by atoms with Crippen LogP contribution in [0.3, 0.4) is 0 Å². The summed E-state index contributed by atoms with van der Waals surface area (Å²) in [6.45, 7) is 1.00. The highest BCUT2D eigenvalue weighted by Gasteiger charge is 2.53. The molecule has 0 radical (unpaired) electrons. The fraction of sp³-hybridized carbons (Fsp3) is 0.609. The first-order valence-electron chi connectivity index (χ1n) is 10.9. The Labute approximate surface area is 176 Å². The van der Waals surface area contributed by atoms with Gasteiger partial charge in [0.15, 0.2) is 0 Å². The van der Waals surface area contributed by atoms with Crippen molar-refractivity contribution in [3.8, 4) is 5.69 Å². The molecule has 4 saturated carbocycles. The van der Waals surface area contributed by atoms with E-state index in [-0.39, 0.29) is 0 Å². The monoisotopic (exact) mass is 415 g/mol. The van der Waals surface area contributed by atoms with Crippen molar-refractivity contribution in [2.75, 3.05) is 11.9 Å². The van der Waals surface area contributed by atoms with E-state index in [1.165, 1.54) is 68.4 Å². The second-order valence-electron chi connectivity index (χ2n) is 9.77. The van der Waals surface area contributed by atoms with E-state index in [9.17, 15) is 0 Å². The van der Waals surface area contributed by atoms with Gasteiger partial charge in [0, 0.05) is 22.5 Å². The number of anilines is 1. The summed E-state index contributed by atoms with van der Waals surface area (Å²) in [6, 6.07) is 5.75. The minimum atomic E-state index is 0.301. The van der Waals surface area contributed by atoms with Gasteiger partial charge in [0.2, 0.25) is 0 Å². The van der Waals surface area contributed by atoms with Crippen LogP contribution in [0.2, 0.25) is 10.0 Å². The number of aromatic nitrogens is 2. The zero-order valence-corrected chi connectivity index (χ0v) is 17.7. The molecule has 2 heterocycles. The summed E-state index contributed by atoms with van der Waals surface area (Å²) < 4.78 is 2.09. The molecule has 1 aromatic heterocycles. The molecule has 3 nitrogen and oxygen atoms in total. The van der Waals surface area contributed by atoms with Crippen molar-refractivity contribution in [1.82, 2.24) is 9.78 Å². The lowest BCUT2D eigenvalue weighted by Gasteiger charge is -2.56. The average Bonchev–Trinajstić information content (AvgIpc) is 2.84. The third kappa shape index (κ3) is 2.65. The van der Waals surface area contributed by atoms with Gasteiger partial charge in [-0.1, -0.05) is 23.2 Å². The van der Waals surface area contributed by atoms with Crippen LogP contribution in [0.15, 0.2) is 18.2 Å². The Morgan fingerprint density at radius 2 is 1.71 bits per heavy atom. The smallest absolute Gasteiger partial charge is 0.133 e. The molecule has 1 aromatic carbocycles. The number of nitrogens with one attached hydrogen (secondary N) is 1. The Morgan fingerprint density at radius 3 is 2.39 bits per heavy atom. The van der Waals surface area contributed by atoms with Crippen LogP contribution >= 0.6 is 23.2 Å². The van der Waals surface area contributed by atoms with E-state index >= 15 is 0 Å². The normalized spacial score (nSPS) is 33.4. The third-order valence-corrected chi connectivity index (χ3v) is 8.35. The van der Waals surface area contributed by atoms with Gasteiger partial charge in [-0.15, -0.1) is 0 Å². The number of halogens is 2. The van der Waals surface area contributed by atoms with Crippen LogP contribution in [0, 0.1) is 17.8 Å². The molecular formula is C23H27Cl2N3. The maximum Gasteiger partial charge on any atom is 0.133 e. The average molecular weight is 416 g/mol. The number of hydrogen-bond donors (Lipinski definition) is 1. The van der Waals surface area contributed by atoms with Crippen LogP contribution in [0.25, 0.3) is 5.69 Å². The molecule has 2 aromatic rings. The van der Waals surface area contributed by atoms with Crippen LogP contribution in [0.1, 0.15) is 62.6 Å². The molecule has 4 bridgehead atoms. The molecule has 1 N–H and O–H groups in total. The molecule has 1 aliphatic heterocycles. The SMILES string of the molecule is Clc1ccc(-n2nc(C34CC5CC(CC(C5)C3)C4)c3c2NCCCC3)c(Cl)c1. The lowest BCUT2D eigenvalue weighted by atomic mass is 9.48. The van der Waals surface area contributed by atoms with Crippen molar-refractivity contribution in [2.24, 2.45) is 17.8 Å². The van der Waals surface area contributed by atoms with E-state index in [2.05, 4.69) is 10.00 Å². The van der Waals surface area contributed by atoms with Gasteiger partial charge in [0.25, 0.3) is 0 Å². The number of rotatable bonds is 2. The zero-order valence-electron chi connectivity index (χ0n) is 16.2. The minimum absolute atomic E-state index is 0.301. The van der Waals surface area contributed by atoms with Crippen LogP contribution in [0.5, 0.6) is 0 Å². The number of fused-ring (bicyclic) bond motifs is 1. The van der Waals surface area contributed by atoms with E-state index in [4.69, 9.17) is 28.3 Å². The molecule has 4 fully saturated rings.